The largest absolute Gasteiger partial charge is 0.494 e. The SMILES string of the molecule is COc1cc2c(cc1F)[nH]c(=S)n2CCC1CCC1. The maximum Gasteiger partial charge on any atom is 0.178 e. The molecule has 0 saturated heterocycles. The molecule has 0 atom stereocenters. The number of aryl methyl sites for hydroxylation is 1. The molecule has 1 heterocycles. The van der Waals surface area contributed by atoms with Crippen molar-refractivity contribution in [2.45, 2.75) is 32.2 Å². The molecule has 3 nitrogen and oxygen atoms in total. The molecule has 1 aromatic carbocycles. The fraction of sp³-hybridized carbons (Fsp3) is 0.500. The lowest BCUT2D eigenvalue weighted by atomic mass is 9.83. The first-order valence-corrected chi connectivity index (χ1v) is 7.06. The zero-order chi connectivity index (χ0) is 13.4. The van der Waals surface area contributed by atoms with Crippen LogP contribution in [-0.2, 0) is 6.54 Å². The fourth-order valence-electron chi connectivity index (χ4n) is 2.63. The minimum Gasteiger partial charge on any atom is -0.494 e. The minimum absolute atomic E-state index is 0.263. The van der Waals surface area contributed by atoms with E-state index in [0.29, 0.717) is 4.77 Å². The lowest BCUT2D eigenvalue weighted by Crippen LogP contribution is -2.13. The van der Waals surface area contributed by atoms with Crippen LogP contribution in [0.1, 0.15) is 25.7 Å². The first-order chi connectivity index (χ1) is 9.19. The van der Waals surface area contributed by atoms with E-state index in [2.05, 4.69) is 4.98 Å². The summed E-state index contributed by atoms with van der Waals surface area (Å²) in [6.07, 6.45) is 5.14. The molecule has 1 N–H and O–H groups in total. The summed E-state index contributed by atoms with van der Waals surface area (Å²) in [4.78, 5) is 3.06. The first kappa shape index (κ1) is 12.7. The second-order valence-corrected chi connectivity index (χ2v) is 5.56. The predicted molar refractivity (Wildman–Crippen MR) is 75.6 cm³/mol. The number of hydrogen-bond acceptors (Lipinski definition) is 2. The van der Waals surface area contributed by atoms with Crippen LogP contribution in [0.5, 0.6) is 5.75 Å². The van der Waals surface area contributed by atoms with Gasteiger partial charge in [0.05, 0.1) is 18.1 Å². The molecule has 0 bridgehead atoms. The third kappa shape index (κ3) is 2.27. The van der Waals surface area contributed by atoms with Crippen molar-refractivity contribution in [1.82, 2.24) is 9.55 Å². The van der Waals surface area contributed by atoms with Crippen LogP contribution in [0.4, 0.5) is 4.39 Å². The normalized spacial score (nSPS) is 15.7. The number of benzene rings is 1. The van der Waals surface area contributed by atoms with Gasteiger partial charge >= 0.3 is 0 Å². The summed E-state index contributed by atoms with van der Waals surface area (Å²) in [6.45, 7) is 0.887. The van der Waals surface area contributed by atoms with Crippen molar-refractivity contribution < 1.29 is 9.13 Å². The van der Waals surface area contributed by atoms with Crippen molar-refractivity contribution in [1.29, 1.82) is 0 Å². The van der Waals surface area contributed by atoms with E-state index in [4.69, 9.17) is 17.0 Å². The molecule has 1 fully saturated rings. The van der Waals surface area contributed by atoms with Gasteiger partial charge in [-0.15, -0.1) is 0 Å². The van der Waals surface area contributed by atoms with Gasteiger partial charge in [-0.2, -0.15) is 0 Å². The number of hydrogen-bond donors (Lipinski definition) is 1. The monoisotopic (exact) mass is 280 g/mol. The number of nitrogens with one attached hydrogen (secondary N) is 1. The highest BCUT2D eigenvalue weighted by Crippen LogP contribution is 2.31. The molecule has 1 saturated carbocycles. The Morgan fingerprint density at radius 1 is 1.47 bits per heavy atom. The van der Waals surface area contributed by atoms with Gasteiger partial charge in [0, 0.05) is 18.7 Å². The molecule has 5 heteroatoms. The Hall–Kier alpha value is -1.36. The molecule has 0 radical (unpaired) electrons. The molecule has 1 aliphatic rings. The standard InChI is InChI=1S/C14H17FN2OS/c1-18-13-8-12-11(7-10(13)15)16-14(19)17(12)6-5-9-3-2-4-9/h7-9H,2-6H2,1H3,(H,16,19). The van der Waals surface area contributed by atoms with Crippen LogP contribution in [-0.4, -0.2) is 16.7 Å². The van der Waals surface area contributed by atoms with Crippen molar-refractivity contribution in [3.05, 3.63) is 22.7 Å². The molecular formula is C14H17FN2OS. The highest BCUT2D eigenvalue weighted by molar-refractivity contribution is 7.71. The Labute approximate surface area is 116 Å². The Morgan fingerprint density at radius 2 is 2.26 bits per heavy atom. The molecular weight excluding hydrogens is 263 g/mol. The molecule has 0 unspecified atom stereocenters. The van der Waals surface area contributed by atoms with Crippen LogP contribution in [0.25, 0.3) is 11.0 Å². The lowest BCUT2D eigenvalue weighted by Gasteiger charge is -2.25. The van der Waals surface area contributed by atoms with Crippen LogP contribution in [0, 0.1) is 16.5 Å². The van der Waals surface area contributed by atoms with Gasteiger partial charge in [-0.1, -0.05) is 19.3 Å². The Morgan fingerprint density at radius 3 is 2.89 bits per heavy atom. The first-order valence-electron chi connectivity index (χ1n) is 6.65. The number of imidazole rings is 1. The van der Waals surface area contributed by atoms with Crippen molar-refractivity contribution in [2.75, 3.05) is 7.11 Å². The number of H-pyrrole nitrogens is 1. The molecule has 0 spiro atoms. The average Bonchev–Trinajstić information content (AvgIpc) is 2.62. The fourth-order valence-corrected chi connectivity index (χ4v) is 2.93. The van der Waals surface area contributed by atoms with E-state index in [1.54, 1.807) is 6.07 Å². The summed E-state index contributed by atoms with van der Waals surface area (Å²) in [5.74, 6) is 0.727. The van der Waals surface area contributed by atoms with E-state index in [0.717, 1.165) is 29.9 Å². The molecule has 2 aromatic rings. The molecule has 0 amide bonds. The number of rotatable bonds is 4. The highest BCUT2D eigenvalue weighted by Gasteiger charge is 2.18. The number of halogens is 1. The summed E-state index contributed by atoms with van der Waals surface area (Å²) in [6, 6.07) is 3.17. The van der Waals surface area contributed by atoms with Gasteiger partial charge in [0.2, 0.25) is 0 Å². The predicted octanol–water partition coefficient (Wildman–Crippen LogP) is 4.04. The summed E-state index contributed by atoms with van der Waals surface area (Å²) in [7, 11) is 1.48. The number of aromatic nitrogens is 2. The smallest absolute Gasteiger partial charge is 0.178 e. The summed E-state index contributed by atoms with van der Waals surface area (Å²) < 4.78 is 21.4. The van der Waals surface area contributed by atoms with Gasteiger partial charge in [-0.25, -0.2) is 4.39 Å². The topological polar surface area (TPSA) is 29.9 Å². The van der Waals surface area contributed by atoms with Crippen molar-refractivity contribution in [3.63, 3.8) is 0 Å². The highest BCUT2D eigenvalue weighted by atomic mass is 32.1. The lowest BCUT2D eigenvalue weighted by molar-refractivity contribution is 0.283. The van der Waals surface area contributed by atoms with E-state index in [1.807, 2.05) is 4.57 Å². The third-order valence-corrected chi connectivity index (χ3v) is 4.36. The maximum absolute atomic E-state index is 13.7. The molecule has 1 aliphatic carbocycles. The van der Waals surface area contributed by atoms with Crippen molar-refractivity contribution >= 4 is 23.3 Å². The van der Waals surface area contributed by atoms with Crippen molar-refractivity contribution in [2.24, 2.45) is 5.92 Å². The van der Waals surface area contributed by atoms with Gasteiger partial charge < -0.3 is 14.3 Å². The number of nitrogens with zero attached hydrogens (tertiary/aromatic N) is 1. The zero-order valence-electron chi connectivity index (χ0n) is 10.9. The second kappa shape index (κ2) is 4.96. The number of methoxy groups -OCH3 is 1. The average molecular weight is 280 g/mol. The Balaban J connectivity index is 1.97. The number of aromatic amines is 1. The number of fused-ring (bicyclic) bond motifs is 1. The maximum atomic E-state index is 13.7. The van der Waals surface area contributed by atoms with Gasteiger partial charge in [0.1, 0.15) is 0 Å². The van der Waals surface area contributed by atoms with Crippen LogP contribution in [0.3, 0.4) is 0 Å². The van der Waals surface area contributed by atoms with Gasteiger partial charge in [0.15, 0.2) is 16.3 Å². The van der Waals surface area contributed by atoms with Gasteiger partial charge in [0.25, 0.3) is 0 Å². The minimum atomic E-state index is -0.364. The van der Waals surface area contributed by atoms with E-state index in [1.165, 1.54) is 32.4 Å². The van der Waals surface area contributed by atoms with Gasteiger partial charge in [-0.3, -0.25) is 0 Å². The van der Waals surface area contributed by atoms with Crippen molar-refractivity contribution in [3.8, 4) is 5.75 Å². The Kier molecular flexibility index (Phi) is 3.31. The summed E-state index contributed by atoms with van der Waals surface area (Å²) >= 11 is 5.33. The summed E-state index contributed by atoms with van der Waals surface area (Å²) in [5, 5.41) is 0. The molecule has 3 rings (SSSR count). The second-order valence-electron chi connectivity index (χ2n) is 5.17. The van der Waals surface area contributed by atoms with Crippen LogP contribution >= 0.6 is 12.2 Å². The van der Waals surface area contributed by atoms with Crippen LogP contribution in [0.15, 0.2) is 12.1 Å². The van der Waals surface area contributed by atoms with Gasteiger partial charge in [-0.05, 0) is 24.6 Å². The quantitative estimate of drug-likeness (QED) is 0.857. The van der Waals surface area contributed by atoms with E-state index < -0.39 is 0 Å². The molecule has 19 heavy (non-hydrogen) atoms. The summed E-state index contributed by atoms with van der Waals surface area (Å²) in [5.41, 5.74) is 1.65. The third-order valence-electron chi connectivity index (χ3n) is 4.03. The van der Waals surface area contributed by atoms with E-state index >= 15 is 0 Å². The number of ether oxygens (including phenoxy) is 1. The molecule has 0 aliphatic heterocycles. The molecule has 102 valence electrons. The van der Waals surface area contributed by atoms with Crippen LogP contribution in [0.2, 0.25) is 0 Å². The zero-order valence-corrected chi connectivity index (χ0v) is 11.7. The Bertz CT molecular complexity index is 657. The van der Waals surface area contributed by atoms with E-state index in [9.17, 15) is 4.39 Å². The van der Waals surface area contributed by atoms with E-state index in [-0.39, 0.29) is 11.6 Å². The molecule has 1 aromatic heterocycles. The van der Waals surface area contributed by atoms with Crippen LogP contribution < -0.4 is 4.74 Å².